The van der Waals surface area contributed by atoms with Crippen molar-refractivity contribution < 1.29 is 9.59 Å². The van der Waals surface area contributed by atoms with Gasteiger partial charge in [-0.25, -0.2) is 4.68 Å². The first-order valence-corrected chi connectivity index (χ1v) is 9.91. The molecule has 154 valence electrons. The number of nitrogens with one attached hydrogen (secondary N) is 2. The average molecular weight is 411 g/mol. The molecule has 2 heterocycles. The molecule has 0 bridgehead atoms. The molecule has 4 rings (SSSR count). The van der Waals surface area contributed by atoms with Gasteiger partial charge < -0.3 is 10.6 Å². The topological polar surface area (TPSA) is 88.9 Å². The lowest BCUT2D eigenvalue weighted by atomic mass is 10.1. The second-order valence-corrected chi connectivity index (χ2v) is 6.81. The molecule has 2 N–H and O–H groups in total. The van der Waals surface area contributed by atoms with Crippen molar-refractivity contribution in [3.05, 3.63) is 96.4 Å². The van der Waals surface area contributed by atoms with E-state index in [1.165, 1.54) is 0 Å². The van der Waals surface area contributed by atoms with Crippen LogP contribution in [0.15, 0.2) is 85.3 Å². The SMILES string of the molecule is CCNC(=O)c1cccc(NC(=O)c2cn(-c3ccccc3)nc2-c2cccnc2)c1. The number of anilines is 1. The number of pyridine rings is 1. The summed E-state index contributed by atoms with van der Waals surface area (Å²) in [5.74, 6) is -0.513. The Morgan fingerprint density at radius 3 is 2.55 bits per heavy atom. The van der Waals surface area contributed by atoms with Crippen molar-refractivity contribution in [1.82, 2.24) is 20.1 Å². The number of aromatic nitrogens is 3. The van der Waals surface area contributed by atoms with Crippen LogP contribution in [0.3, 0.4) is 0 Å². The molecule has 31 heavy (non-hydrogen) atoms. The molecule has 7 nitrogen and oxygen atoms in total. The Morgan fingerprint density at radius 1 is 0.968 bits per heavy atom. The maximum Gasteiger partial charge on any atom is 0.259 e. The van der Waals surface area contributed by atoms with Gasteiger partial charge in [-0.3, -0.25) is 14.6 Å². The normalized spacial score (nSPS) is 10.5. The number of hydrogen-bond acceptors (Lipinski definition) is 4. The average Bonchev–Trinajstić information content (AvgIpc) is 3.26. The Hall–Kier alpha value is -4.26. The zero-order valence-electron chi connectivity index (χ0n) is 16.9. The second-order valence-electron chi connectivity index (χ2n) is 6.81. The van der Waals surface area contributed by atoms with E-state index < -0.39 is 0 Å². The zero-order valence-corrected chi connectivity index (χ0v) is 16.9. The monoisotopic (exact) mass is 411 g/mol. The lowest BCUT2D eigenvalue weighted by Gasteiger charge is -2.08. The van der Waals surface area contributed by atoms with Crippen molar-refractivity contribution >= 4 is 17.5 Å². The third-order valence-corrected chi connectivity index (χ3v) is 4.63. The number of hydrogen-bond donors (Lipinski definition) is 2. The van der Waals surface area contributed by atoms with E-state index in [-0.39, 0.29) is 11.8 Å². The Morgan fingerprint density at radius 2 is 1.81 bits per heavy atom. The summed E-state index contributed by atoms with van der Waals surface area (Å²) in [7, 11) is 0. The van der Waals surface area contributed by atoms with E-state index in [9.17, 15) is 9.59 Å². The summed E-state index contributed by atoms with van der Waals surface area (Å²) < 4.78 is 1.67. The summed E-state index contributed by atoms with van der Waals surface area (Å²) in [6, 6.07) is 20.1. The minimum Gasteiger partial charge on any atom is -0.352 e. The number of nitrogens with zero attached hydrogens (tertiary/aromatic N) is 3. The molecule has 0 spiro atoms. The van der Waals surface area contributed by atoms with Gasteiger partial charge in [-0.05, 0) is 49.4 Å². The molecule has 2 amide bonds. The number of carbonyl (C=O) groups is 2. The van der Waals surface area contributed by atoms with Crippen LogP contribution in [0, 0.1) is 0 Å². The van der Waals surface area contributed by atoms with Crippen LogP contribution in [0.4, 0.5) is 5.69 Å². The molecule has 0 radical (unpaired) electrons. The van der Waals surface area contributed by atoms with Gasteiger partial charge in [0.05, 0.1) is 11.3 Å². The lowest BCUT2D eigenvalue weighted by molar-refractivity contribution is 0.0954. The Bertz CT molecular complexity index is 1200. The molecular formula is C24H21N5O2. The van der Waals surface area contributed by atoms with Crippen molar-refractivity contribution in [2.45, 2.75) is 6.92 Å². The van der Waals surface area contributed by atoms with E-state index in [2.05, 4.69) is 20.7 Å². The first-order valence-electron chi connectivity index (χ1n) is 9.91. The largest absolute Gasteiger partial charge is 0.352 e. The molecule has 0 saturated carbocycles. The molecule has 0 saturated heterocycles. The van der Waals surface area contributed by atoms with E-state index in [0.717, 1.165) is 11.3 Å². The lowest BCUT2D eigenvalue weighted by Crippen LogP contribution is -2.22. The van der Waals surface area contributed by atoms with Crippen LogP contribution in [0.2, 0.25) is 0 Å². The second kappa shape index (κ2) is 9.04. The summed E-state index contributed by atoms with van der Waals surface area (Å²) in [6.45, 7) is 2.39. The van der Waals surface area contributed by atoms with Crippen molar-refractivity contribution in [3.8, 4) is 16.9 Å². The Labute approximate surface area is 179 Å². The summed E-state index contributed by atoms with van der Waals surface area (Å²) in [5.41, 5.74) is 3.50. The standard InChI is InChI=1S/C24H21N5O2/c1-2-26-23(30)17-8-6-10-19(14-17)27-24(31)21-16-29(20-11-4-3-5-12-20)28-22(21)18-9-7-13-25-15-18/h3-16H,2H2,1H3,(H,26,30)(H,27,31). The third kappa shape index (κ3) is 4.51. The predicted octanol–water partition coefficient (Wildman–Crippen LogP) is 3.94. The minimum absolute atomic E-state index is 0.188. The predicted molar refractivity (Wildman–Crippen MR) is 119 cm³/mol. The third-order valence-electron chi connectivity index (χ3n) is 4.63. The van der Waals surface area contributed by atoms with E-state index >= 15 is 0 Å². The fraction of sp³-hybridized carbons (Fsp3) is 0.0833. The van der Waals surface area contributed by atoms with Gasteiger partial charge in [0.1, 0.15) is 5.69 Å². The molecule has 0 unspecified atom stereocenters. The van der Waals surface area contributed by atoms with Gasteiger partial charge in [0.25, 0.3) is 11.8 Å². The van der Waals surface area contributed by atoms with Crippen LogP contribution < -0.4 is 10.6 Å². The quantitative estimate of drug-likeness (QED) is 0.503. The zero-order chi connectivity index (χ0) is 21.6. The van der Waals surface area contributed by atoms with Crippen molar-refractivity contribution in [3.63, 3.8) is 0 Å². The summed E-state index contributed by atoms with van der Waals surface area (Å²) in [6.07, 6.45) is 5.04. The van der Waals surface area contributed by atoms with Crippen LogP contribution >= 0.6 is 0 Å². The fourth-order valence-electron chi connectivity index (χ4n) is 3.17. The fourth-order valence-corrected chi connectivity index (χ4v) is 3.17. The highest BCUT2D eigenvalue weighted by Gasteiger charge is 2.19. The number of rotatable bonds is 6. The summed E-state index contributed by atoms with van der Waals surface area (Å²) in [4.78, 5) is 29.4. The Balaban J connectivity index is 1.68. The molecule has 7 heteroatoms. The van der Waals surface area contributed by atoms with Crippen molar-refractivity contribution in [2.24, 2.45) is 0 Å². The summed E-state index contributed by atoms with van der Waals surface area (Å²) >= 11 is 0. The molecule has 4 aromatic rings. The van der Waals surface area contributed by atoms with Crippen molar-refractivity contribution in [1.29, 1.82) is 0 Å². The van der Waals surface area contributed by atoms with Gasteiger partial charge in [-0.15, -0.1) is 0 Å². The molecule has 0 aliphatic heterocycles. The van der Waals surface area contributed by atoms with Gasteiger partial charge in [-0.1, -0.05) is 24.3 Å². The molecule has 2 aromatic heterocycles. The first kappa shape index (κ1) is 20.0. The maximum atomic E-state index is 13.2. The molecule has 0 atom stereocenters. The summed E-state index contributed by atoms with van der Waals surface area (Å²) in [5, 5.41) is 10.3. The van der Waals surface area contributed by atoms with Crippen LogP contribution in [0.1, 0.15) is 27.6 Å². The molecule has 0 aliphatic carbocycles. The number of benzene rings is 2. The van der Waals surface area contributed by atoms with Crippen LogP contribution in [0.5, 0.6) is 0 Å². The van der Waals surface area contributed by atoms with E-state index in [1.807, 2.05) is 43.3 Å². The van der Waals surface area contributed by atoms with Gasteiger partial charge in [0.2, 0.25) is 0 Å². The molecule has 0 fully saturated rings. The highest BCUT2D eigenvalue weighted by atomic mass is 16.2. The molecular weight excluding hydrogens is 390 g/mol. The van der Waals surface area contributed by atoms with Crippen LogP contribution in [0.25, 0.3) is 16.9 Å². The molecule has 0 aliphatic rings. The highest BCUT2D eigenvalue weighted by molar-refractivity contribution is 6.08. The maximum absolute atomic E-state index is 13.2. The van der Waals surface area contributed by atoms with Crippen LogP contribution in [-0.4, -0.2) is 33.1 Å². The van der Waals surface area contributed by atoms with Gasteiger partial charge in [0, 0.05) is 41.9 Å². The van der Waals surface area contributed by atoms with E-state index in [1.54, 1.807) is 53.6 Å². The van der Waals surface area contributed by atoms with Crippen LogP contribution in [-0.2, 0) is 0 Å². The smallest absolute Gasteiger partial charge is 0.259 e. The van der Waals surface area contributed by atoms with E-state index in [4.69, 9.17) is 0 Å². The van der Waals surface area contributed by atoms with Crippen molar-refractivity contribution in [2.75, 3.05) is 11.9 Å². The minimum atomic E-state index is -0.325. The number of para-hydroxylation sites is 1. The van der Waals surface area contributed by atoms with Gasteiger partial charge in [0.15, 0.2) is 0 Å². The van der Waals surface area contributed by atoms with Gasteiger partial charge >= 0.3 is 0 Å². The Kier molecular flexibility index (Phi) is 5.84. The molecule has 2 aromatic carbocycles. The number of carbonyl (C=O) groups excluding carboxylic acids is 2. The number of amides is 2. The van der Waals surface area contributed by atoms with Gasteiger partial charge in [-0.2, -0.15) is 5.10 Å². The van der Waals surface area contributed by atoms with E-state index in [0.29, 0.717) is 29.1 Å². The first-order chi connectivity index (χ1) is 15.2. The highest BCUT2D eigenvalue weighted by Crippen LogP contribution is 2.24.